The van der Waals surface area contributed by atoms with Crippen molar-refractivity contribution in [3.8, 4) is 0 Å². The van der Waals surface area contributed by atoms with Gasteiger partial charge in [0.1, 0.15) is 0 Å². The van der Waals surface area contributed by atoms with Crippen LogP contribution in [0.15, 0.2) is 18.2 Å². The van der Waals surface area contributed by atoms with E-state index in [4.69, 9.17) is 11.6 Å². The highest BCUT2D eigenvalue weighted by Crippen LogP contribution is 2.35. The molecule has 0 aliphatic carbocycles. The van der Waals surface area contributed by atoms with E-state index >= 15 is 0 Å². The van der Waals surface area contributed by atoms with E-state index < -0.39 is 22.7 Å². The second-order valence-corrected chi connectivity index (χ2v) is 3.58. The van der Waals surface area contributed by atoms with Crippen molar-refractivity contribution >= 4 is 17.5 Å². The Kier molecular flexibility index (Phi) is 6.86. The van der Waals surface area contributed by atoms with Crippen molar-refractivity contribution in [2.24, 2.45) is 0 Å². The molecule has 0 spiro atoms. The molecule has 1 rings (SSSR count). The lowest BCUT2D eigenvalue weighted by molar-refractivity contribution is -0.137. The number of hydrogen-bond donors (Lipinski definition) is 0. The summed E-state index contributed by atoms with van der Waals surface area (Å²) in [6, 6.07) is 2.93. The number of hydroxylamine groups is 2. The van der Waals surface area contributed by atoms with Gasteiger partial charge in [0.15, 0.2) is 0 Å². The summed E-state index contributed by atoms with van der Waals surface area (Å²) in [4.78, 5) is 16.1. The molecule has 0 aliphatic heterocycles. The minimum Gasteiger partial charge on any atom is -0.274 e. The Morgan fingerprint density at radius 2 is 1.84 bits per heavy atom. The first kappa shape index (κ1) is 17.7. The average molecular weight is 298 g/mol. The third kappa shape index (κ3) is 4.72. The fourth-order valence-corrected chi connectivity index (χ4v) is 1.36. The minimum absolute atomic E-state index is 0.147. The lowest BCUT2D eigenvalue weighted by Crippen LogP contribution is -2.25. The molecule has 1 aromatic rings. The summed E-state index contributed by atoms with van der Waals surface area (Å²) < 4.78 is 37.6. The second kappa shape index (κ2) is 7.35. The highest BCUT2D eigenvalue weighted by atomic mass is 35.5. The molecule has 0 saturated heterocycles. The van der Waals surface area contributed by atoms with Gasteiger partial charge in [-0.3, -0.25) is 9.63 Å². The lowest BCUT2D eigenvalue weighted by atomic mass is 10.1. The van der Waals surface area contributed by atoms with Crippen molar-refractivity contribution < 1.29 is 22.8 Å². The van der Waals surface area contributed by atoms with E-state index in [1.807, 2.05) is 13.8 Å². The average Bonchev–Trinajstić information content (AvgIpc) is 2.38. The van der Waals surface area contributed by atoms with Gasteiger partial charge in [-0.2, -0.15) is 13.2 Å². The number of carbonyl (C=O) groups is 1. The Labute approximate surface area is 114 Å². The molecule has 3 nitrogen and oxygen atoms in total. The van der Waals surface area contributed by atoms with Crippen molar-refractivity contribution in [3.63, 3.8) is 0 Å². The van der Waals surface area contributed by atoms with Crippen molar-refractivity contribution in [2.45, 2.75) is 20.0 Å². The molecule has 0 atom stereocenters. The fourth-order valence-electron chi connectivity index (χ4n) is 1.14. The first-order chi connectivity index (χ1) is 8.77. The number of amides is 1. The van der Waals surface area contributed by atoms with Gasteiger partial charge in [-0.05, 0) is 18.2 Å². The second-order valence-electron chi connectivity index (χ2n) is 3.18. The van der Waals surface area contributed by atoms with Crippen LogP contribution in [0.2, 0.25) is 5.02 Å². The highest BCUT2D eigenvalue weighted by Gasteiger charge is 2.34. The molecule has 19 heavy (non-hydrogen) atoms. The van der Waals surface area contributed by atoms with Crippen molar-refractivity contribution in [1.82, 2.24) is 5.06 Å². The number of halogens is 4. The topological polar surface area (TPSA) is 29.5 Å². The molecule has 0 aliphatic rings. The fraction of sp³-hybridized carbons (Fsp3) is 0.417. The largest absolute Gasteiger partial charge is 0.417 e. The van der Waals surface area contributed by atoms with Gasteiger partial charge < -0.3 is 0 Å². The standard InChI is InChI=1S/C10H9ClF3NO2.C2H6/c1-15(17-2)9(16)6-3-4-8(11)7(5-6)10(12,13)14;1-2/h3-5H,1-2H3;1-2H3. The summed E-state index contributed by atoms with van der Waals surface area (Å²) in [5.74, 6) is -0.685. The van der Waals surface area contributed by atoms with Crippen LogP contribution in [0.5, 0.6) is 0 Å². The zero-order valence-corrected chi connectivity index (χ0v) is 11.8. The van der Waals surface area contributed by atoms with E-state index in [9.17, 15) is 18.0 Å². The number of carbonyl (C=O) groups excluding carboxylic acids is 1. The van der Waals surface area contributed by atoms with E-state index in [1.165, 1.54) is 20.2 Å². The number of hydrogen-bond acceptors (Lipinski definition) is 2. The van der Waals surface area contributed by atoms with Crippen LogP contribution in [-0.4, -0.2) is 25.1 Å². The van der Waals surface area contributed by atoms with Gasteiger partial charge >= 0.3 is 6.18 Å². The van der Waals surface area contributed by atoms with Crippen molar-refractivity contribution in [3.05, 3.63) is 34.3 Å². The van der Waals surface area contributed by atoms with E-state index in [0.29, 0.717) is 6.07 Å². The molecule has 0 N–H and O–H groups in total. The highest BCUT2D eigenvalue weighted by molar-refractivity contribution is 6.31. The summed E-state index contributed by atoms with van der Waals surface area (Å²) >= 11 is 5.42. The van der Waals surface area contributed by atoms with Crippen molar-refractivity contribution in [2.75, 3.05) is 14.2 Å². The summed E-state index contributed by atoms with van der Waals surface area (Å²) in [5, 5.41) is 0.373. The number of nitrogens with zero attached hydrogens (tertiary/aromatic N) is 1. The van der Waals surface area contributed by atoms with Crippen LogP contribution in [0, 0.1) is 0 Å². The smallest absolute Gasteiger partial charge is 0.274 e. The molecule has 0 saturated carbocycles. The van der Waals surface area contributed by atoms with Gasteiger partial charge in [-0.15, -0.1) is 0 Å². The number of rotatable bonds is 2. The zero-order valence-electron chi connectivity index (χ0n) is 11.0. The molecule has 0 radical (unpaired) electrons. The Morgan fingerprint density at radius 3 is 2.26 bits per heavy atom. The summed E-state index contributed by atoms with van der Waals surface area (Å²) in [6.07, 6.45) is -4.60. The van der Waals surface area contributed by atoms with E-state index in [-0.39, 0.29) is 5.56 Å². The Balaban J connectivity index is 0.00000154. The minimum atomic E-state index is -4.60. The maximum absolute atomic E-state index is 12.5. The summed E-state index contributed by atoms with van der Waals surface area (Å²) in [6.45, 7) is 4.00. The number of alkyl halides is 3. The summed E-state index contributed by atoms with van der Waals surface area (Å²) in [5.41, 5.74) is -1.19. The van der Waals surface area contributed by atoms with E-state index in [1.54, 1.807) is 0 Å². The molecule has 0 heterocycles. The summed E-state index contributed by atoms with van der Waals surface area (Å²) in [7, 11) is 2.53. The third-order valence-electron chi connectivity index (χ3n) is 2.08. The Hall–Kier alpha value is -1.27. The van der Waals surface area contributed by atoms with Gasteiger partial charge in [0.2, 0.25) is 0 Å². The SMILES string of the molecule is CC.CON(C)C(=O)c1ccc(Cl)c(C(F)(F)F)c1. The Bertz CT molecular complexity index is 435. The van der Waals surface area contributed by atoms with Crippen LogP contribution in [0.25, 0.3) is 0 Å². The lowest BCUT2D eigenvalue weighted by Gasteiger charge is -2.15. The normalized spacial score (nSPS) is 10.5. The van der Waals surface area contributed by atoms with Crippen molar-refractivity contribution in [1.29, 1.82) is 0 Å². The molecule has 0 aromatic heterocycles. The van der Waals surface area contributed by atoms with Gasteiger partial charge in [-0.1, -0.05) is 25.4 Å². The van der Waals surface area contributed by atoms with Crippen LogP contribution in [-0.2, 0) is 11.0 Å². The van der Waals surface area contributed by atoms with E-state index in [0.717, 1.165) is 11.1 Å². The molecule has 0 unspecified atom stereocenters. The van der Waals surface area contributed by atoms with Gasteiger partial charge in [0.25, 0.3) is 5.91 Å². The quantitative estimate of drug-likeness (QED) is 0.772. The predicted octanol–water partition coefficient (Wildman–Crippen LogP) is 4.02. The molecular formula is C12H15ClF3NO2. The molecule has 0 fully saturated rings. The maximum atomic E-state index is 12.5. The van der Waals surface area contributed by atoms with Crippen LogP contribution >= 0.6 is 11.6 Å². The molecule has 108 valence electrons. The first-order valence-corrected chi connectivity index (χ1v) is 5.84. The molecular weight excluding hydrogens is 283 g/mol. The Morgan fingerprint density at radius 1 is 1.32 bits per heavy atom. The zero-order chi connectivity index (χ0) is 15.2. The molecule has 0 bridgehead atoms. The first-order valence-electron chi connectivity index (χ1n) is 5.46. The predicted molar refractivity (Wildman–Crippen MR) is 66.9 cm³/mol. The van der Waals surface area contributed by atoms with Gasteiger partial charge in [0.05, 0.1) is 17.7 Å². The van der Waals surface area contributed by atoms with Gasteiger partial charge in [-0.25, -0.2) is 5.06 Å². The van der Waals surface area contributed by atoms with E-state index in [2.05, 4.69) is 4.84 Å². The monoisotopic (exact) mass is 297 g/mol. The van der Waals surface area contributed by atoms with Crippen LogP contribution < -0.4 is 0 Å². The van der Waals surface area contributed by atoms with Crippen LogP contribution in [0.1, 0.15) is 29.8 Å². The molecule has 1 aromatic carbocycles. The number of benzene rings is 1. The maximum Gasteiger partial charge on any atom is 0.417 e. The van der Waals surface area contributed by atoms with Crippen LogP contribution in [0.4, 0.5) is 13.2 Å². The molecule has 7 heteroatoms. The van der Waals surface area contributed by atoms with Gasteiger partial charge in [0, 0.05) is 12.6 Å². The third-order valence-corrected chi connectivity index (χ3v) is 2.41. The van der Waals surface area contributed by atoms with Crippen LogP contribution in [0.3, 0.4) is 0 Å². The molecule has 1 amide bonds.